The van der Waals surface area contributed by atoms with E-state index in [9.17, 15) is 18.3 Å². The fourth-order valence-electron chi connectivity index (χ4n) is 7.55. The third kappa shape index (κ3) is 6.15. The molecule has 7 rings (SSSR count). The summed E-state index contributed by atoms with van der Waals surface area (Å²) in [6, 6.07) is 10.9. The minimum atomic E-state index is -3.98. The van der Waals surface area contributed by atoms with Gasteiger partial charge in [-0.25, -0.2) is 13.2 Å². The van der Waals surface area contributed by atoms with Crippen molar-refractivity contribution in [1.29, 1.82) is 0 Å². The molecule has 1 aliphatic carbocycles. The van der Waals surface area contributed by atoms with Crippen LogP contribution in [0, 0.1) is 11.8 Å². The van der Waals surface area contributed by atoms with E-state index in [1.807, 2.05) is 0 Å². The second kappa shape index (κ2) is 12.5. The number of rotatable bonds is 9. The van der Waals surface area contributed by atoms with Gasteiger partial charge in [-0.3, -0.25) is 4.90 Å². The van der Waals surface area contributed by atoms with Gasteiger partial charge in [0.25, 0.3) is 0 Å². The van der Waals surface area contributed by atoms with Gasteiger partial charge in [0.15, 0.2) is 17.8 Å². The van der Waals surface area contributed by atoms with Gasteiger partial charge in [0.1, 0.15) is 17.6 Å². The van der Waals surface area contributed by atoms with Crippen LogP contribution in [0.5, 0.6) is 17.2 Å². The van der Waals surface area contributed by atoms with Crippen molar-refractivity contribution in [3.05, 3.63) is 48.0 Å². The van der Waals surface area contributed by atoms with Gasteiger partial charge in [-0.1, -0.05) is 25.0 Å². The predicted molar refractivity (Wildman–Crippen MR) is 164 cm³/mol. The Bertz CT molecular complexity index is 1530. The lowest BCUT2D eigenvalue weighted by Crippen LogP contribution is -2.51. The molecular weight excluding hydrogens is 616 g/mol. The van der Waals surface area contributed by atoms with E-state index in [1.54, 1.807) is 55.1 Å². The molecule has 13 heteroatoms. The highest BCUT2D eigenvalue weighted by molar-refractivity contribution is 7.89. The van der Waals surface area contributed by atoms with Crippen LogP contribution in [0.2, 0.25) is 0 Å². The lowest BCUT2D eigenvalue weighted by molar-refractivity contribution is -0.0911. The molecule has 3 saturated heterocycles. The summed E-state index contributed by atoms with van der Waals surface area (Å²) in [6.45, 7) is 4.84. The van der Waals surface area contributed by atoms with Crippen LogP contribution in [0.25, 0.3) is 0 Å². The van der Waals surface area contributed by atoms with Crippen molar-refractivity contribution in [2.75, 3.05) is 33.1 Å². The van der Waals surface area contributed by atoms with Crippen molar-refractivity contribution < 1.29 is 46.7 Å². The highest BCUT2D eigenvalue weighted by Gasteiger charge is 2.53. The number of sulfonamides is 1. The molecule has 2 aromatic carbocycles. The van der Waals surface area contributed by atoms with Crippen LogP contribution < -0.4 is 9.47 Å². The molecule has 5 aliphatic rings. The Morgan fingerprint density at radius 2 is 1.78 bits per heavy atom. The Balaban J connectivity index is 1.19. The van der Waals surface area contributed by atoms with Crippen molar-refractivity contribution >= 4 is 16.1 Å². The lowest BCUT2D eigenvalue weighted by Gasteiger charge is -2.34. The van der Waals surface area contributed by atoms with E-state index < -0.39 is 40.1 Å². The first-order valence-electron chi connectivity index (χ1n) is 16.2. The van der Waals surface area contributed by atoms with E-state index in [0.717, 1.165) is 37.7 Å². The fourth-order valence-corrected chi connectivity index (χ4v) is 9.10. The van der Waals surface area contributed by atoms with E-state index >= 15 is 0 Å². The summed E-state index contributed by atoms with van der Waals surface area (Å²) >= 11 is 0. The summed E-state index contributed by atoms with van der Waals surface area (Å²) < 4.78 is 65.1. The number of carbonyl (C=O) groups is 1. The van der Waals surface area contributed by atoms with E-state index in [4.69, 9.17) is 28.4 Å². The second-order valence-corrected chi connectivity index (χ2v) is 15.3. The average molecular weight is 659 g/mol. The fraction of sp³-hybridized carbons (Fsp3) is 0.606. The van der Waals surface area contributed by atoms with Gasteiger partial charge in [0.05, 0.1) is 36.2 Å². The smallest absolute Gasteiger partial charge is 0.412 e. The number of phenols is 1. The van der Waals surface area contributed by atoms with Gasteiger partial charge in [-0.2, -0.15) is 4.31 Å². The summed E-state index contributed by atoms with van der Waals surface area (Å²) in [7, 11) is -3.98. The van der Waals surface area contributed by atoms with Gasteiger partial charge in [-0.05, 0) is 75.3 Å². The molecule has 46 heavy (non-hydrogen) atoms. The van der Waals surface area contributed by atoms with Crippen LogP contribution in [0.3, 0.4) is 0 Å². The normalized spacial score (nSPS) is 28.7. The number of carbonyl (C=O) groups excluding carboxylic acids is 1. The largest absolute Gasteiger partial charge is 0.508 e. The first kappa shape index (κ1) is 31.5. The van der Waals surface area contributed by atoms with Crippen molar-refractivity contribution in [1.82, 2.24) is 9.21 Å². The number of hydrogen-bond acceptors (Lipinski definition) is 10. The minimum absolute atomic E-state index is 0.0318. The molecule has 4 aliphatic heterocycles. The van der Waals surface area contributed by atoms with Crippen LogP contribution in [0.4, 0.5) is 4.79 Å². The molecule has 0 spiro atoms. The van der Waals surface area contributed by atoms with Gasteiger partial charge in [-0.15, -0.1) is 0 Å². The maximum Gasteiger partial charge on any atom is 0.412 e. The zero-order valence-corrected chi connectivity index (χ0v) is 27.0. The third-order valence-electron chi connectivity index (χ3n) is 9.90. The molecule has 0 aromatic heterocycles. The summed E-state index contributed by atoms with van der Waals surface area (Å²) in [6.07, 6.45) is 3.11. The molecule has 1 N–H and O–H groups in total. The Labute approximate surface area is 269 Å². The Hall–Kier alpha value is -3.10. The average Bonchev–Trinajstić information content (AvgIpc) is 3.85. The maximum absolute atomic E-state index is 14.3. The molecule has 0 radical (unpaired) electrons. The van der Waals surface area contributed by atoms with Crippen molar-refractivity contribution in [2.24, 2.45) is 11.8 Å². The Kier molecular flexibility index (Phi) is 8.55. The lowest BCUT2D eigenvalue weighted by atomic mass is 9.99. The van der Waals surface area contributed by atoms with Crippen LogP contribution in [0.1, 0.15) is 51.5 Å². The van der Waals surface area contributed by atoms with E-state index in [0.29, 0.717) is 31.1 Å². The zero-order valence-electron chi connectivity index (χ0n) is 26.2. The number of phenolic OH excluding ortho intramolecular Hbond substituents is 1. The van der Waals surface area contributed by atoms with Gasteiger partial charge in [0.2, 0.25) is 16.8 Å². The number of ether oxygens (including phenoxy) is 6. The number of nitrogens with zero attached hydrogens (tertiary/aromatic N) is 2. The van der Waals surface area contributed by atoms with Crippen LogP contribution in [0.15, 0.2) is 47.4 Å². The molecule has 2 aromatic rings. The molecule has 12 nitrogen and oxygen atoms in total. The predicted octanol–water partition coefficient (Wildman–Crippen LogP) is 4.25. The molecule has 5 atom stereocenters. The third-order valence-corrected chi connectivity index (χ3v) is 11.7. The molecule has 0 unspecified atom stereocenters. The molecular formula is C33H42N2O10S. The minimum Gasteiger partial charge on any atom is -0.508 e. The second-order valence-electron chi connectivity index (χ2n) is 13.3. The maximum atomic E-state index is 14.3. The SMILES string of the molecule is CC1(C)O[C@H](CN(CC2CCCC2)S(=O)(=O)c2ccc3c(c2)OCO3)[C@H](Cc2ccc(O)cc2)N1C(=O)O[C@H]1CO[C@H]2OCC[C@H]21. The zero-order chi connectivity index (χ0) is 32.1. The highest BCUT2D eigenvalue weighted by atomic mass is 32.2. The van der Waals surface area contributed by atoms with E-state index in [2.05, 4.69) is 0 Å². The molecule has 4 heterocycles. The number of hydrogen-bond donors (Lipinski definition) is 1. The summed E-state index contributed by atoms with van der Waals surface area (Å²) in [5.74, 6) is 1.22. The molecule has 4 fully saturated rings. The first-order valence-corrected chi connectivity index (χ1v) is 17.6. The Morgan fingerprint density at radius 3 is 2.57 bits per heavy atom. The number of amides is 1. The van der Waals surface area contributed by atoms with E-state index in [1.165, 1.54) is 10.4 Å². The van der Waals surface area contributed by atoms with Gasteiger partial charge in [0, 0.05) is 19.2 Å². The van der Waals surface area contributed by atoms with Crippen LogP contribution >= 0.6 is 0 Å². The standard InChI is InChI=1S/C33H42N2O10S/c1-33(2)35(32(37)44-30-19-41-31-25(30)13-14-40-31)26(15-21-7-9-23(36)10-8-21)29(45-33)18-34(17-22-5-3-4-6-22)46(38,39)24-11-12-27-28(16-24)43-20-42-27/h7-12,16,22,25-26,29-31,36H,3-6,13-15,17-20H2,1-2H3/t25-,26-,29+,30-,31+/m0/s1. The molecule has 1 saturated carbocycles. The van der Waals surface area contributed by atoms with Crippen molar-refractivity contribution in [2.45, 2.75) is 87.5 Å². The monoisotopic (exact) mass is 658 g/mol. The van der Waals surface area contributed by atoms with Crippen LogP contribution in [-0.2, 0) is 35.4 Å². The Morgan fingerprint density at radius 1 is 1.02 bits per heavy atom. The first-order chi connectivity index (χ1) is 22.1. The van der Waals surface area contributed by atoms with Gasteiger partial charge < -0.3 is 33.5 Å². The van der Waals surface area contributed by atoms with Crippen LogP contribution in [-0.4, -0.2) is 92.2 Å². The van der Waals surface area contributed by atoms with E-state index in [-0.39, 0.29) is 48.7 Å². The highest BCUT2D eigenvalue weighted by Crippen LogP contribution is 2.40. The van der Waals surface area contributed by atoms with Crippen molar-refractivity contribution in [3.63, 3.8) is 0 Å². The summed E-state index contributed by atoms with van der Waals surface area (Å²) in [5, 5.41) is 9.92. The topological polar surface area (TPSA) is 133 Å². The molecule has 0 bridgehead atoms. The quantitative estimate of drug-likeness (QED) is 0.417. The number of benzene rings is 2. The number of aromatic hydroxyl groups is 1. The summed E-state index contributed by atoms with van der Waals surface area (Å²) in [5.41, 5.74) is -0.239. The number of fused-ring (bicyclic) bond motifs is 2. The molecule has 250 valence electrons. The van der Waals surface area contributed by atoms with Crippen molar-refractivity contribution in [3.8, 4) is 17.2 Å². The molecule has 1 amide bonds. The summed E-state index contributed by atoms with van der Waals surface area (Å²) in [4.78, 5) is 15.8. The van der Waals surface area contributed by atoms with Gasteiger partial charge >= 0.3 is 6.09 Å².